The highest BCUT2D eigenvalue weighted by Crippen LogP contribution is 2.65. The summed E-state index contributed by atoms with van der Waals surface area (Å²) in [6.45, 7) is 2.42. The van der Waals surface area contributed by atoms with Crippen molar-refractivity contribution < 1.29 is 19.4 Å². The maximum absolute atomic E-state index is 12.7. The third-order valence-electron chi connectivity index (χ3n) is 8.22. The third-order valence-corrected chi connectivity index (χ3v) is 8.22. The molecule has 0 radical (unpaired) electrons. The molecule has 1 aliphatic carbocycles. The number of carboxylic acid groups (broad SMARTS) is 1. The number of amides is 1. The summed E-state index contributed by atoms with van der Waals surface area (Å²) in [5.74, 6) is -0.126. The van der Waals surface area contributed by atoms with Crippen molar-refractivity contribution in [2.24, 2.45) is 5.41 Å². The van der Waals surface area contributed by atoms with E-state index in [1.807, 2.05) is 23.1 Å². The van der Waals surface area contributed by atoms with Crippen molar-refractivity contribution in [3.05, 3.63) is 71.8 Å². The zero-order valence-electron chi connectivity index (χ0n) is 19.2. The summed E-state index contributed by atoms with van der Waals surface area (Å²) >= 11 is 0. The van der Waals surface area contributed by atoms with Crippen LogP contribution in [0, 0.1) is 5.41 Å². The second-order valence-corrected chi connectivity index (χ2v) is 10.1. The zero-order chi connectivity index (χ0) is 23.3. The molecular weight excluding hydrogens is 426 g/mol. The van der Waals surface area contributed by atoms with E-state index in [4.69, 9.17) is 4.74 Å². The van der Waals surface area contributed by atoms with Crippen molar-refractivity contribution in [3.63, 3.8) is 0 Å². The number of aromatic carboxylic acids is 1. The third kappa shape index (κ3) is 3.68. The lowest BCUT2D eigenvalue weighted by Gasteiger charge is -2.34. The molecule has 5 nitrogen and oxygen atoms in total. The van der Waals surface area contributed by atoms with Crippen LogP contribution in [0.4, 0.5) is 0 Å². The highest BCUT2D eigenvalue weighted by Gasteiger charge is 2.55. The first-order valence-corrected chi connectivity index (χ1v) is 12.3. The zero-order valence-corrected chi connectivity index (χ0v) is 19.2. The molecule has 1 saturated carbocycles. The summed E-state index contributed by atoms with van der Waals surface area (Å²) in [5, 5.41) is 11.1. The van der Waals surface area contributed by atoms with E-state index < -0.39 is 5.97 Å². The van der Waals surface area contributed by atoms with Crippen LogP contribution in [0.3, 0.4) is 0 Å². The number of carboxylic acids is 1. The van der Waals surface area contributed by atoms with Crippen molar-refractivity contribution >= 4 is 22.6 Å². The number of hydrogen-bond donors (Lipinski definition) is 1. The highest BCUT2D eigenvalue weighted by molar-refractivity contribution is 6.04. The van der Waals surface area contributed by atoms with Crippen LogP contribution in [-0.2, 0) is 9.53 Å². The van der Waals surface area contributed by atoms with Crippen molar-refractivity contribution in [1.29, 1.82) is 0 Å². The fraction of sp³-hybridized carbons (Fsp3) is 0.379. The minimum absolute atomic E-state index is 0.194. The predicted octanol–water partition coefficient (Wildman–Crippen LogP) is 5.48. The smallest absolute Gasteiger partial charge is 0.336 e. The predicted molar refractivity (Wildman–Crippen MR) is 131 cm³/mol. The van der Waals surface area contributed by atoms with Gasteiger partial charge in [0.25, 0.3) is 5.91 Å². The fourth-order valence-electron chi connectivity index (χ4n) is 6.08. The van der Waals surface area contributed by atoms with E-state index in [-0.39, 0.29) is 12.0 Å². The van der Waals surface area contributed by atoms with Gasteiger partial charge in [-0.05, 0) is 83.0 Å². The standard InChI is InChI=1S/C29H29NO4/c31-27(26-5-2-16-34-26)30-14-12-29(13-15-30)18-25(29)20-8-6-19(7-9-20)21-10-11-23-22(17-21)3-1-4-24(23)28(32)33/h1,3-4,6-11,17,25-26H,2,5,12-16,18H2,(H,32,33)/t25-,26-/m1/s1. The number of rotatable bonds is 4. The van der Waals surface area contributed by atoms with Crippen molar-refractivity contribution in [2.45, 2.75) is 44.1 Å². The van der Waals surface area contributed by atoms with E-state index in [0.29, 0.717) is 16.9 Å². The average molecular weight is 456 g/mol. The van der Waals surface area contributed by atoms with Gasteiger partial charge in [-0.25, -0.2) is 4.79 Å². The topological polar surface area (TPSA) is 66.8 Å². The molecule has 0 unspecified atom stereocenters. The van der Waals surface area contributed by atoms with Gasteiger partial charge in [-0.2, -0.15) is 0 Å². The molecule has 3 aromatic carbocycles. The van der Waals surface area contributed by atoms with Gasteiger partial charge >= 0.3 is 5.97 Å². The SMILES string of the molecule is O=C(O)c1cccc2cc(-c3ccc([C@H]4CC45CCN(C(=O)[C@H]4CCCO4)CC5)cc3)ccc12. The maximum Gasteiger partial charge on any atom is 0.336 e. The molecule has 2 aliphatic heterocycles. The van der Waals surface area contributed by atoms with E-state index in [0.717, 1.165) is 67.3 Å². The number of hydrogen-bond acceptors (Lipinski definition) is 3. The molecule has 0 bridgehead atoms. The maximum atomic E-state index is 12.7. The number of nitrogens with zero attached hydrogens (tertiary/aromatic N) is 1. The molecule has 34 heavy (non-hydrogen) atoms. The molecular formula is C29H29NO4. The quantitative estimate of drug-likeness (QED) is 0.566. The lowest BCUT2D eigenvalue weighted by atomic mass is 9.88. The number of carbonyl (C=O) groups is 2. The van der Waals surface area contributed by atoms with Crippen LogP contribution in [0.25, 0.3) is 21.9 Å². The second-order valence-electron chi connectivity index (χ2n) is 10.1. The van der Waals surface area contributed by atoms with Crippen molar-refractivity contribution in [3.8, 4) is 11.1 Å². The van der Waals surface area contributed by atoms with Crippen LogP contribution in [0.5, 0.6) is 0 Å². The monoisotopic (exact) mass is 455 g/mol. The first-order valence-electron chi connectivity index (χ1n) is 12.3. The highest BCUT2D eigenvalue weighted by atomic mass is 16.5. The van der Waals surface area contributed by atoms with E-state index in [9.17, 15) is 14.7 Å². The number of likely N-dealkylation sites (tertiary alicyclic amines) is 1. The number of benzene rings is 3. The summed E-state index contributed by atoms with van der Waals surface area (Å²) in [7, 11) is 0. The minimum atomic E-state index is -0.900. The normalized spacial score (nSPS) is 23.4. The molecule has 3 aliphatic rings. The molecule has 1 spiro atoms. The molecule has 6 rings (SSSR count). The number of fused-ring (bicyclic) bond motifs is 1. The lowest BCUT2D eigenvalue weighted by Crippen LogP contribution is -2.44. The largest absolute Gasteiger partial charge is 0.478 e. The van der Waals surface area contributed by atoms with Crippen LogP contribution < -0.4 is 0 Å². The van der Waals surface area contributed by atoms with Crippen LogP contribution in [0.15, 0.2) is 60.7 Å². The summed E-state index contributed by atoms with van der Waals surface area (Å²) in [4.78, 5) is 26.2. The molecule has 0 aromatic heterocycles. The van der Waals surface area contributed by atoms with Crippen LogP contribution >= 0.6 is 0 Å². The summed E-state index contributed by atoms with van der Waals surface area (Å²) in [6.07, 6.45) is 5.02. The molecule has 1 N–H and O–H groups in total. The minimum Gasteiger partial charge on any atom is -0.478 e. The van der Waals surface area contributed by atoms with Gasteiger partial charge in [0.05, 0.1) is 5.56 Å². The Morgan fingerprint density at radius 1 is 0.971 bits per heavy atom. The van der Waals surface area contributed by atoms with Gasteiger partial charge in [0.15, 0.2) is 0 Å². The first-order chi connectivity index (χ1) is 16.5. The van der Waals surface area contributed by atoms with E-state index in [1.165, 1.54) is 12.0 Å². The Kier molecular flexibility index (Phi) is 5.18. The van der Waals surface area contributed by atoms with Gasteiger partial charge in [0, 0.05) is 19.7 Å². The average Bonchev–Trinajstić information content (AvgIpc) is 3.28. The van der Waals surface area contributed by atoms with E-state index in [2.05, 4.69) is 30.3 Å². The molecule has 1 amide bonds. The second kappa shape index (κ2) is 8.24. The summed E-state index contributed by atoms with van der Waals surface area (Å²) in [5.41, 5.74) is 4.30. The van der Waals surface area contributed by atoms with Crippen molar-refractivity contribution in [1.82, 2.24) is 4.90 Å². The van der Waals surface area contributed by atoms with Gasteiger partial charge in [0.1, 0.15) is 6.10 Å². The van der Waals surface area contributed by atoms with Gasteiger partial charge in [-0.1, -0.05) is 48.5 Å². The number of ether oxygens (including phenoxy) is 1. The van der Waals surface area contributed by atoms with Gasteiger partial charge in [0.2, 0.25) is 0 Å². The van der Waals surface area contributed by atoms with Gasteiger partial charge in [-0.3, -0.25) is 4.79 Å². The fourth-order valence-corrected chi connectivity index (χ4v) is 6.08. The molecule has 174 valence electrons. The Morgan fingerprint density at radius 2 is 1.74 bits per heavy atom. The molecule has 2 saturated heterocycles. The van der Waals surface area contributed by atoms with Crippen molar-refractivity contribution in [2.75, 3.05) is 19.7 Å². The van der Waals surface area contributed by atoms with Gasteiger partial charge in [-0.15, -0.1) is 0 Å². The number of piperidine rings is 1. The first kappa shape index (κ1) is 21.4. The van der Waals surface area contributed by atoms with Crippen LogP contribution in [0.1, 0.15) is 53.9 Å². The molecule has 5 heteroatoms. The Labute approximate surface area is 199 Å². The Bertz CT molecular complexity index is 1250. The Hall–Kier alpha value is -3.18. The van der Waals surface area contributed by atoms with E-state index in [1.54, 1.807) is 12.1 Å². The molecule has 3 aromatic rings. The Morgan fingerprint density at radius 3 is 2.44 bits per heavy atom. The van der Waals surface area contributed by atoms with E-state index >= 15 is 0 Å². The van der Waals surface area contributed by atoms with Gasteiger partial charge < -0.3 is 14.7 Å². The summed E-state index contributed by atoms with van der Waals surface area (Å²) in [6, 6.07) is 20.2. The number of carbonyl (C=O) groups excluding carboxylic acids is 1. The summed E-state index contributed by atoms with van der Waals surface area (Å²) < 4.78 is 5.60. The van der Waals surface area contributed by atoms with Crippen LogP contribution in [-0.4, -0.2) is 47.7 Å². The molecule has 2 atom stereocenters. The molecule has 2 heterocycles. The van der Waals surface area contributed by atoms with Crippen LogP contribution in [0.2, 0.25) is 0 Å². The molecule has 3 fully saturated rings. The lowest BCUT2D eigenvalue weighted by molar-refractivity contribution is -0.142. The Balaban J connectivity index is 1.14.